The van der Waals surface area contributed by atoms with Gasteiger partial charge in [-0.2, -0.15) is 0 Å². The highest BCUT2D eigenvalue weighted by Gasteiger charge is 2.28. The van der Waals surface area contributed by atoms with Crippen molar-refractivity contribution in [3.63, 3.8) is 0 Å². The van der Waals surface area contributed by atoms with Crippen molar-refractivity contribution in [1.82, 2.24) is 0 Å². The Morgan fingerprint density at radius 3 is 1.31 bits per heavy atom. The van der Waals surface area contributed by atoms with E-state index >= 15 is 0 Å². The first-order chi connectivity index (χ1) is 16.7. The van der Waals surface area contributed by atoms with Crippen LogP contribution in [0, 0.1) is 10.7 Å². The lowest BCUT2D eigenvalue weighted by Gasteiger charge is -2.30. The number of esters is 3. The summed E-state index contributed by atoms with van der Waals surface area (Å²) in [6.07, 6.45) is 0. The summed E-state index contributed by atoms with van der Waals surface area (Å²) in [6, 6.07) is 15.8. The van der Waals surface area contributed by atoms with E-state index in [2.05, 4.69) is 67.8 Å². The molecule has 7 nitrogen and oxygen atoms in total. The average Bonchev–Trinajstić information content (AvgIpc) is 2.85. The van der Waals surface area contributed by atoms with Crippen LogP contribution in [0.15, 0.2) is 54.6 Å². The predicted molar refractivity (Wildman–Crippen MR) is 158 cm³/mol. The van der Waals surface area contributed by atoms with Crippen LogP contribution in [0.2, 0.25) is 0 Å². The minimum absolute atomic E-state index is 0.192. The third-order valence-corrected chi connectivity index (χ3v) is 6.92. The zero-order valence-electron chi connectivity index (χ0n) is 18.9. The Bertz CT molecular complexity index is 1230. The molecular weight excluding hydrogens is 791 g/mol. The number of hydrogen-bond donors (Lipinski definition) is 0. The van der Waals surface area contributed by atoms with Crippen LogP contribution in [0.1, 0.15) is 38.0 Å². The molecule has 0 saturated heterocycles. The standard InChI is InChI=1S/C25H20I3NO6/c1-4-35-25(32)19-13-16(28)7-10-22(19)29(20-8-5-14(26)11-17(20)23(30)33-2)21-9-6-15(27)12-18(21)24(31)34-3/h5-13H,4H2,1-3H3. The molecular formula is C25H20I3NO6. The molecule has 3 aromatic rings. The Morgan fingerprint density at radius 2 is 1.00 bits per heavy atom. The Labute approximate surface area is 243 Å². The van der Waals surface area contributed by atoms with Gasteiger partial charge in [0.05, 0.1) is 54.6 Å². The number of hydrogen-bond acceptors (Lipinski definition) is 7. The van der Waals surface area contributed by atoms with Gasteiger partial charge in [0.2, 0.25) is 0 Å². The van der Waals surface area contributed by atoms with Crippen LogP contribution in [0.25, 0.3) is 0 Å². The van der Waals surface area contributed by atoms with Gasteiger partial charge in [-0.05, 0) is 129 Å². The van der Waals surface area contributed by atoms with Crippen LogP contribution in [-0.4, -0.2) is 38.7 Å². The molecule has 0 heterocycles. The number of rotatable bonds is 7. The zero-order valence-corrected chi connectivity index (χ0v) is 25.4. The highest BCUT2D eigenvalue weighted by atomic mass is 127. The highest BCUT2D eigenvalue weighted by Crippen LogP contribution is 2.42. The van der Waals surface area contributed by atoms with Crippen molar-refractivity contribution in [2.45, 2.75) is 6.92 Å². The molecule has 0 N–H and O–H groups in total. The van der Waals surface area contributed by atoms with E-state index in [0.29, 0.717) is 17.1 Å². The van der Waals surface area contributed by atoms with Gasteiger partial charge in [-0.15, -0.1) is 0 Å². The Morgan fingerprint density at radius 1 is 0.657 bits per heavy atom. The van der Waals surface area contributed by atoms with Gasteiger partial charge in [-0.3, -0.25) is 0 Å². The third kappa shape index (κ3) is 6.25. The molecule has 0 radical (unpaired) electrons. The van der Waals surface area contributed by atoms with Crippen molar-refractivity contribution in [3.05, 3.63) is 82.0 Å². The van der Waals surface area contributed by atoms with E-state index in [0.717, 1.165) is 10.7 Å². The molecule has 0 atom stereocenters. The molecule has 182 valence electrons. The van der Waals surface area contributed by atoms with E-state index in [-0.39, 0.29) is 23.3 Å². The molecule has 0 aliphatic carbocycles. The maximum atomic E-state index is 13.0. The number of anilines is 3. The van der Waals surface area contributed by atoms with Crippen LogP contribution in [0.5, 0.6) is 0 Å². The Kier molecular flexibility index (Phi) is 9.75. The minimum Gasteiger partial charge on any atom is -0.465 e. The Balaban J connectivity index is 2.45. The van der Waals surface area contributed by atoms with Gasteiger partial charge in [0.1, 0.15) is 0 Å². The lowest BCUT2D eigenvalue weighted by molar-refractivity contribution is 0.0525. The maximum Gasteiger partial charge on any atom is 0.340 e. The van der Waals surface area contributed by atoms with Crippen LogP contribution in [0.3, 0.4) is 0 Å². The topological polar surface area (TPSA) is 82.1 Å². The monoisotopic (exact) mass is 811 g/mol. The fraction of sp³-hybridized carbons (Fsp3) is 0.160. The first-order valence-corrected chi connectivity index (χ1v) is 13.5. The SMILES string of the molecule is CCOC(=O)c1cc(I)ccc1N(c1ccc(I)cc1C(=O)OC)c1ccc(I)cc1C(=O)OC. The molecule has 3 aromatic carbocycles. The van der Waals surface area contributed by atoms with Gasteiger partial charge in [0.25, 0.3) is 0 Å². The molecule has 35 heavy (non-hydrogen) atoms. The fourth-order valence-corrected chi connectivity index (χ4v) is 4.89. The van der Waals surface area contributed by atoms with Gasteiger partial charge < -0.3 is 19.1 Å². The summed E-state index contributed by atoms with van der Waals surface area (Å²) in [7, 11) is 2.60. The number of methoxy groups -OCH3 is 2. The molecule has 0 saturated carbocycles. The van der Waals surface area contributed by atoms with Crippen molar-refractivity contribution in [3.8, 4) is 0 Å². The number of nitrogens with zero attached hydrogens (tertiary/aromatic N) is 1. The highest BCUT2D eigenvalue weighted by molar-refractivity contribution is 14.1. The van der Waals surface area contributed by atoms with E-state index < -0.39 is 17.9 Å². The number of benzene rings is 3. The van der Waals surface area contributed by atoms with E-state index in [1.807, 2.05) is 18.2 Å². The van der Waals surface area contributed by atoms with Crippen molar-refractivity contribution in [2.75, 3.05) is 25.7 Å². The third-order valence-electron chi connectivity index (χ3n) is 4.90. The van der Waals surface area contributed by atoms with Crippen molar-refractivity contribution < 1.29 is 28.6 Å². The summed E-state index contributed by atoms with van der Waals surface area (Å²) in [4.78, 5) is 40.3. The van der Waals surface area contributed by atoms with E-state index in [1.165, 1.54) is 14.2 Å². The van der Waals surface area contributed by atoms with Gasteiger partial charge in [-0.1, -0.05) is 0 Å². The molecule has 10 heteroatoms. The van der Waals surface area contributed by atoms with Gasteiger partial charge in [-0.25, -0.2) is 14.4 Å². The van der Waals surface area contributed by atoms with Crippen LogP contribution >= 0.6 is 67.8 Å². The molecule has 0 aliphatic rings. The fourth-order valence-electron chi connectivity index (χ4n) is 3.42. The summed E-state index contributed by atoms with van der Waals surface area (Å²) in [5.74, 6) is -1.64. The first kappa shape index (κ1) is 27.6. The second-order valence-corrected chi connectivity index (χ2v) is 10.8. The normalized spacial score (nSPS) is 10.5. The zero-order chi connectivity index (χ0) is 25.7. The second-order valence-electron chi connectivity index (χ2n) is 7.02. The van der Waals surface area contributed by atoms with Crippen LogP contribution < -0.4 is 4.90 Å². The number of halogens is 3. The largest absolute Gasteiger partial charge is 0.465 e. The smallest absolute Gasteiger partial charge is 0.340 e. The van der Waals surface area contributed by atoms with Gasteiger partial charge >= 0.3 is 17.9 Å². The second kappa shape index (κ2) is 12.3. The summed E-state index contributed by atoms with van der Waals surface area (Å²) >= 11 is 6.33. The van der Waals surface area contributed by atoms with Crippen LogP contribution in [0.4, 0.5) is 17.1 Å². The average molecular weight is 811 g/mol. The van der Waals surface area contributed by atoms with Gasteiger partial charge in [0, 0.05) is 10.7 Å². The molecule has 0 spiro atoms. The number of ether oxygens (including phenoxy) is 3. The lowest BCUT2D eigenvalue weighted by atomic mass is 10.0. The lowest BCUT2D eigenvalue weighted by Crippen LogP contribution is -2.21. The summed E-state index contributed by atoms with van der Waals surface area (Å²) < 4.78 is 17.9. The molecule has 0 unspecified atom stereocenters. The minimum atomic E-state index is -0.558. The van der Waals surface area contributed by atoms with Crippen molar-refractivity contribution >= 4 is 103 Å². The Hall–Kier alpha value is -1.94. The maximum absolute atomic E-state index is 13.0. The molecule has 0 fully saturated rings. The number of carbonyl (C=O) groups is 3. The first-order valence-electron chi connectivity index (χ1n) is 10.2. The van der Waals surface area contributed by atoms with Crippen molar-refractivity contribution in [2.24, 2.45) is 0 Å². The predicted octanol–water partition coefficient (Wildman–Crippen LogP) is 6.72. The molecule has 0 bridgehead atoms. The van der Waals surface area contributed by atoms with E-state index in [4.69, 9.17) is 14.2 Å². The van der Waals surface area contributed by atoms with Crippen molar-refractivity contribution in [1.29, 1.82) is 0 Å². The summed E-state index contributed by atoms with van der Waals surface area (Å²) in [5, 5.41) is 0. The molecule has 3 rings (SSSR count). The van der Waals surface area contributed by atoms with Crippen LogP contribution in [-0.2, 0) is 14.2 Å². The molecule has 0 aromatic heterocycles. The van der Waals surface area contributed by atoms with Gasteiger partial charge in [0.15, 0.2) is 0 Å². The molecule has 0 aliphatic heterocycles. The van der Waals surface area contributed by atoms with E-state index in [9.17, 15) is 14.4 Å². The summed E-state index contributed by atoms with van der Waals surface area (Å²) in [6.45, 7) is 1.92. The van der Waals surface area contributed by atoms with E-state index in [1.54, 1.807) is 48.2 Å². The summed E-state index contributed by atoms with van der Waals surface area (Å²) in [5.41, 5.74) is 2.10. The number of carbonyl (C=O) groups excluding carboxylic acids is 3. The quantitative estimate of drug-likeness (QED) is 0.149. The molecule has 0 amide bonds.